The Bertz CT molecular complexity index is 970. The lowest BCUT2D eigenvalue weighted by Crippen LogP contribution is -2.14. The summed E-state index contributed by atoms with van der Waals surface area (Å²) in [6.45, 7) is 4.25. The van der Waals surface area contributed by atoms with E-state index in [9.17, 15) is 19.8 Å². The van der Waals surface area contributed by atoms with Crippen LogP contribution in [0.5, 0.6) is 17.2 Å². The third kappa shape index (κ3) is 6.39. The number of carboxylic acid groups (broad SMARTS) is 1. The third-order valence-electron chi connectivity index (χ3n) is 3.56. The molecule has 0 saturated carbocycles. The smallest absolute Gasteiger partial charge is 0.337 e. The second kappa shape index (κ2) is 10.5. The van der Waals surface area contributed by atoms with Gasteiger partial charge in [-0.25, -0.2) is 4.79 Å². The van der Waals surface area contributed by atoms with Gasteiger partial charge in [-0.05, 0) is 42.5 Å². The van der Waals surface area contributed by atoms with Crippen LogP contribution in [0.1, 0.15) is 41.0 Å². The van der Waals surface area contributed by atoms with Gasteiger partial charge in [0.2, 0.25) is 0 Å². The number of benzene rings is 3. The first-order valence-electron chi connectivity index (χ1n) is 9.15. The molecular weight excluding hydrogens is 370 g/mol. The molecule has 0 saturated heterocycles. The van der Waals surface area contributed by atoms with Crippen LogP contribution in [0.15, 0.2) is 72.8 Å². The Labute approximate surface area is 169 Å². The van der Waals surface area contributed by atoms with Crippen LogP contribution in [0.3, 0.4) is 0 Å². The number of ether oxygens (including phenoxy) is 1. The molecule has 0 atom stereocenters. The summed E-state index contributed by atoms with van der Waals surface area (Å²) in [5, 5.41) is 21.4. The van der Waals surface area contributed by atoms with E-state index in [-0.39, 0.29) is 22.6 Å². The van der Waals surface area contributed by atoms with E-state index in [1.54, 1.807) is 12.1 Å². The number of hydrogen-bond donors (Lipinski definition) is 3. The van der Waals surface area contributed by atoms with Crippen LogP contribution in [0.4, 0.5) is 5.69 Å². The molecule has 0 heterocycles. The normalized spacial score (nSPS) is 9.72. The highest BCUT2D eigenvalue weighted by atomic mass is 16.5. The Hall–Kier alpha value is -3.80. The molecule has 0 aliphatic carbocycles. The van der Waals surface area contributed by atoms with Gasteiger partial charge in [-0.1, -0.05) is 44.5 Å². The van der Waals surface area contributed by atoms with Gasteiger partial charge in [-0.15, -0.1) is 0 Å². The summed E-state index contributed by atoms with van der Waals surface area (Å²) >= 11 is 0. The molecule has 0 aromatic heterocycles. The molecule has 150 valence electrons. The number of phenols is 1. The second-order valence-corrected chi connectivity index (χ2v) is 6.14. The average molecular weight is 393 g/mol. The number of hydrogen-bond acceptors (Lipinski definition) is 4. The summed E-state index contributed by atoms with van der Waals surface area (Å²) in [4.78, 5) is 23.8. The quantitative estimate of drug-likeness (QED) is 0.528. The molecule has 0 bridgehead atoms. The summed E-state index contributed by atoms with van der Waals surface area (Å²) in [5.41, 5.74) is 0.230. The molecule has 6 nitrogen and oxygen atoms in total. The highest BCUT2D eigenvalue weighted by Gasteiger charge is 2.15. The molecule has 6 heteroatoms. The summed E-state index contributed by atoms with van der Waals surface area (Å²) < 4.78 is 5.68. The maximum atomic E-state index is 12.4. The zero-order chi connectivity index (χ0) is 21.2. The number of carbonyl (C=O) groups is 2. The zero-order valence-electron chi connectivity index (χ0n) is 16.3. The molecule has 3 rings (SSSR count). The molecule has 0 aliphatic rings. The first kappa shape index (κ1) is 21.5. The Morgan fingerprint density at radius 1 is 0.897 bits per heavy atom. The van der Waals surface area contributed by atoms with Crippen molar-refractivity contribution in [1.82, 2.24) is 0 Å². The summed E-state index contributed by atoms with van der Waals surface area (Å²) in [5.74, 6) is -0.812. The van der Waals surface area contributed by atoms with Crippen molar-refractivity contribution in [3.8, 4) is 17.2 Å². The fourth-order valence-electron chi connectivity index (χ4n) is 2.34. The highest BCUT2D eigenvalue weighted by molar-refractivity contribution is 6.08. The van der Waals surface area contributed by atoms with E-state index in [2.05, 4.69) is 19.2 Å². The van der Waals surface area contributed by atoms with Crippen molar-refractivity contribution in [2.75, 3.05) is 5.32 Å². The van der Waals surface area contributed by atoms with Gasteiger partial charge in [0.15, 0.2) is 0 Å². The van der Waals surface area contributed by atoms with Crippen molar-refractivity contribution in [3.05, 3.63) is 83.9 Å². The molecular formula is C23H23NO5. The average Bonchev–Trinajstić information content (AvgIpc) is 2.69. The van der Waals surface area contributed by atoms with Crippen LogP contribution >= 0.6 is 0 Å². The first-order chi connectivity index (χ1) is 13.9. The first-order valence-corrected chi connectivity index (χ1v) is 9.15. The summed E-state index contributed by atoms with van der Waals surface area (Å²) in [6, 6.07) is 19.1. The van der Waals surface area contributed by atoms with E-state index in [1.165, 1.54) is 48.9 Å². The number of carboxylic acids is 1. The van der Waals surface area contributed by atoms with E-state index in [1.807, 2.05) is 18.2 Å². The maximum absolute atomic E-state index is 12.4. The molecule has 3 aromatic rings. The van der Waals surface area contributed by atoms with Gasteiger partial charge < -0.3 is 20.3 Å². The van der Waals surface area contributed by atoms with E-state index >= 15 is 0 Å². The number of anilines is 1. The second-order valence-electron chi connectivity index (χ2n) is 6.14. The molecule has 0 fully saturated rings. The van der Waals surface area contributed by atoms with E-state index in [0.717, 1.165) is 0 Å². The largest absolute Gasteiger partial charge is 0.508 e. The van der Waals surface area contributed by atoms with Crippen molar-refractivity contribution in [2.24, 2.45) is 0 Å². The lowest BCUT2D eigenvalue weighted by molar-refractivity contribution is 0.0698. The fraction of sp³-hybridized carbons (Fsp3) is 0.130. The number of carbonyl (C=O) groups excluding carboxylic acids is 1. The molecule has 3 N–H and O–H groups in total. The fourth-order valence-corrected chi connectivity index (χ4v) is 2.34. The molecule has 3 aromatic carbocycles. The van der Waals surface area contributed by atoms with Gasteiger partial charge in [0, 0.05) is 11.6 Å². The predicted molar refractivity (Wildman–Crippen MR) is 112 cm³/mol. The molecule has 1 amide bonds. The van der Waals surface area contributed by atoms with E-state index < -0.39 is 11.9 Å². The van der Waals surface area contributed by atoms with Gasteiger partial charge >= 0.3 is 5.97 Å². The van der Waals surface area contributed by atoms with Gasteiger partial charge in [0.25, 0.3) is 5.91 Å². The van der Waals surface area contributed by atoms with Gasteiger partial charge in [-0.3, -0.25) is 4.79 Å². The van der Waals surface area contributed by atoms with Crippen molar-refractivity contribution in [1.29, 1.82) is 0 Å². The molecule has 0 aliphatic heterocycles. The van der Waals surface area contributed by atoms with Crippen LogP contribution in [-0.4, -0.2) is 22.1 Å². The topological polar surface area (TPSA) is 95.9 Å². The summed E-state index contributed by atoms with van der Waals surface area (Å²) in [6.07, 6.45) is 1.25. The number of phenolic OH excluding ortho intramolecular Hbond substituents is 1. The zero-order valence-corrected chi connectivity index (χ0v) is 16.3. The highest BCUT2D eigenvalue weighted by Crippen LogP contribution is 2.27. The number of amides is 1. The Morgan fingerprint density at radius 3 is 2.21 bits per heavy atom. The van der Waals surface area contributed by atoms with Crippen LogP contribution in [0.2, 0.25) is 0 Å². The number of rotatable bonds is 5. The predicted octanol–water partition coefficient (Wildman–Crippen LogP) is 5.55. The van der Waals surface area contributed by atoms with Gasteiger partial charge in [0.1, 0.15) is 17.2 Å². The number of para-hydroxylation sites is 1. The molecule has 0 unspecified atom stereocenters. The Balaban J connectivity index is 0.000000941. The van der Waals surface area contributed by atoms with Crippen LogP contribution in [0.25, 0.3) is 0 Å². The monoisotopic (exact) mass is 393 g/mol. The minimum atomic E-state index is -1.18. The van der Waals surface area contributed by atoms with Crippen molar-refractivity contribution in [2.45, 2.75) is 20.3 Å². The van der Waals surface area contributed by atoms with Crippen LogP contribution in [-0.2, 0) is 0 Å². The van der Waals surface area contributed by atoms with Crippen molar-refractivity contribution in [3.63, 3.8) is 0 Å². The number of aromatic hydroxyl groups is 1. The van der Waals surface area contributed by atoms with Crippen molar-refractivity contribution >= 4 is 17.6 Å². The molecule has 0 spiro atoms. The number of aromatic carboxylic acids is 1. The lowest BCUT2D eigenvalue weighted by atomic mass is 10.1. The summed E-state index contributed by atoms with van der Waals surface area (Å²) in [7, 11) is 0. The Kier molecular flexibility index (Phi) is 7.79. The Morgan fingerprint density at radius 2 is 1.59 bits per heavy atom. The third-order valence-corrected chi connectivity index (χ3v) is 3.56. The maximum Gasteiger partial charge on any atom is 0.337 e. The van der Waals surface area contributed by atoms with Crippen LogP contribution in [0, 0.1) is 0 Å². The molecule has 0 radical (unpaired) electrons. The van der Waals surface area contributed by atoms with E-state index in [4.69, 9.17) is 4.74 Å². The SMILES string of the molecule is CCC.O=C(Nc1cc(Oc2ccccc2)ccc1C(=O)O)c1cccc(O)c1. The minimum absolute atomic E-state index is 0.0581. The standard InChI is InChI=1S/C20H15NO5.C3H8/c22-14-6-4-5-13(11-14)19(23)21-18-12-16(9-10-17(18)20(24)25)26-15-7-2-1-3-8-15;1-3-2/h1-12,22H,(H,21,23)(H,24,25);3H2,1-2H3. The lowest BCUT2D eigenvalue weighted by Gasteiger charge is -2.12. The van der Waals surface area contributed by atoms with Gasteiger partial charge in [0.05, 0.1) is 11.3 Å². The molecule has 29 heavy (non-hydrogen) atoms. The van der Waals surface area contributed by atoms with Crippen LogP contribution < -0.4 is 10.1 Å². The van der Waals surface area contributed by atoms with Crippen molar-refractivity contribution < 1.29 is 24.5 Å². The minimum Gasteiger partial charge on any atom is -0.508 e. The van der Waals surface area contributed by atoms with E-state index in [0.29, 0.717) is 11.5 Å². The van der Waals surface area contributed by atoms with Gasteiger partial charge in [-0.2, -0.15) is 0 Å². The number of nitrogens with one attached hydrogen (secondary N) is 1.